The normalized spacial score (nSPS) is 11.6. The summed E-state index contributed by atoms with van der Waals surface area (Å²) in [5.41, 5.74) is 10.1. The van der Waals surface area contributed by atoms with Gasteiger partial charge in [-0.05, 0) is 61.2 Å². The van der Waals surface area contributed by atoms with Crippen molar-refractivity contribution in [3.05, 3.63) is 58.7 Å². The summed E-state index contributed by atoms with van der Waals surface area (Å²) in [4.78, 5) is 0.363. The largest absolute Gasteiger partial charge is 0.399 e. The summed E-state index contributed by atoms with van der Waals surface area (Å²) in [5, 5.41) is 0. The van der Waals surface area contributed by atoms with E-state index in [1.807, 2.05) is 32.9 Å². The third kappa shape index (κ3) is 2.85. The molecule has 0 aliphatic heterocycles. The molecule has 0 aliphatic rings. The van der Waals surface area contributed by atoms with Gasteiger partial charge in [-0.25, -0.2) is 8.42 Å². The maximum absolute atomic E-state index is 12.5. The first kappa shape index (κ1) is 14.6. The summed E-state index contributed by atoms with van der Waals surface area (Å²) in [6.07, 6.45) is 0. The second-order valence-electron chi connectivity index (χ2n) is 5.14. The topological polar surface area (TPSA) is 60.2 Å². The van der Waals surface area contributed by atoms with Crippen LogP contribution in [0, 0.1) is 20.8 Å². The number of hydrogen-bond acceptors (Lipinski definition) is 3. The van der Waals surface area contributed by atoms with E-state index in [0.29, 0.717) is 10.6 Å². The molecule has 0 atom stereocenters. The molecule has 2 aromatic rings. The first-order valence-corrected chi connectivity index (χ1v) is 8.10. The van der Waals surface area contributed by atoms with E-state index in [1.165, 1.54) is 0 Å². The van der Waals surface area contributed by atoms with Crippen LogP contribution >= 0.6 is 0 Å². The number of nitrogens with two attached hydrogens (primary N) is 1. The van der Waals surface area contributed by atoms with Crippen LogP contribution in [0.25, 0.3) is 0 Å². The van der Waals surface area contributed by atoms with E-state index in [1.54, 1.807) is 24.3 Å². The van der Waals surface area contributed by atoms with Gasteiger partial charge in [-0.2, -0.15) is 0 Å². The number of benzene rings is 2. The molecule has 0 radical (unpaired) electrons. The van der Waals surface area contributed by atoms with E-state index >= 15 is 0 Å². The van der Waals surface area contributed by atoms with Crippen LogP contribution in [0.15, 0.2) is 41.3 Å². The summed E-state index contributed by atoms with van der Waals surface area (Å²) < 4.78 is 25.0. The highest BCUT2D eigenvalue weighted by Gasteiger charge is 2.17. The molecular formula is C16H19NO2S. The number of aryl methyl sites for hydroxylation is 2. The predicted molar refractivity (Wildman–Crippen MR) is 82.4 cm³/mol. The third-order valence-corrected chi connectivity index (χ3v) is 5.33. The van der Waals surface area contributed by atoms with Crippen LogP contribution in [-0.2, 0) is 15.6 Å². The van der Waals surface area contributed by atoms with Crippen LogP contribution in [-0.4, -0.2) is 8.42 Å². The average Bonchev–Trinajstić information content (AvgIpc) is 2.38. The Labute approximate surface area is 120 Å². The van der Waals surface area contributed by atoms with Crippen molar-refractivity contribution in [2.75, 3.05) is 5.73 Å². The molecule has 0 spiro atoms. The van der Waals surface area contributed by atoms with Gasteiger partial charge in [0.15, 0.2) is 9.84 Å². The van der Waals surface area contributed by atoms with E-state index in [4.69, 9.17) is 5.73 Å². The van der Waals surface area contributed by atoms with Crippen molar-refractivity contribution >= 4 is 15.5 Å². The zero-order valence-electron chi connectivity index (χ0n) is 12.0. The minimum atomic E-state index is -3.35. The first-order chi connectivity index (χ1) is 9.31. The fraction of sp³-hybridized carbons (Fsp3) is 0.250. The second kappa shape index (κ2) is 5.29. The Bertz CT molecular complexity index is 749. The van der Waals surface area contributed by atoms with Gasteiger partial charge < -0.3 is 5.73 Å². The molecule has 3 nitrogen and oxygen atoms in total. The summed E-state index contributed by atoms with van der Waals surface area (Å²) in [7, 11) is -3.35. The van der Waals surface area contributed by atoms with Crippen LogP contribution in [0.1, 0.15) is 22.3 Å². The molecule has 106 valence electrons. The van der Waals surface area contributed by atoms with Crippen LogP contribution in [0.2, 0.25) is 0 Å². The van der Waals surface area contributed by atoms with Crippen LogP contribution in [0.5, 0.6) is 0 Å². The van der Waals surface area contributed by atoms with Crippen LogP contribution in [0.3, 0.4) is 0 Å². The Hall–Kier alpha value is -1.81. The summed E-state index contributed by atoms with van der Waals surface area (Å²) >= 11 is 0. The third-order valence-electron chi connectivity index (χ3n) is 3.67. The smallest absolute Gasteiger partial charge is 0.182 e. The van der Waals surface area contributed by atoms with Gasteiger partial charge in [0.05, 0.1) is 10.6 Å². The van der Waals surface area contributed by atoms with Crippen molar-refractivity contribution in [3.63, 3.8) is 0 Å². The quantitative estimate of drug-likeness (QED) is 0.883. The van der Waals surface area contributed by atoms with Gasteiger partial charge in [0.2, 0.25) is 0 Å². The number of anilines is 1. The van der Waals surface area contributed by atoms with Crippen molar-refractivity contribution in [1.82, 2.24) is 0 Å². The van der Waals surface area contributed by atoms with Gasteiger partial charge in [-0.3, -0.25) is 0 Å². The van der Waals surface area contributed by atoms with Crippen molar-refractivity contribution in [2.24, 2.45) is 0 Å². The molecule has 0 saturated carbocycles. The van der Waals surface area contributed by atoms with Crippen molar-refractivity contribution < 1.29 is 8.42 Å². The lowest BCUT2D eigenvalue weighted by molar-refractivity contribution is 0.595. The maximum Gasteiger partial charge on any atom is 0.182 e. The molecular weight excluding hydrogens is 270 g/mol. The fourth-order valence-electron chi connectivity index (χ4n) is 2.06. The fourth-order valence-corrected chi connectivity index (χ4v) is 3.58. The molecule has 20 heavy (non-hydrogen) atoms. The van der Waals surface area contributed by atoms with E-state index in [2.05, 4.69) is 0 Å². The van der Waals surface area contributed by atoms with Gasteiger partial charge >= 0.3 is 0 Å². The molecule has 0 aromatic heterocycles. The summed E-state index contributed by atoms with van der Waals surface area (Å²) in [5.74, 6) is -0.0215. The highest BCUT2D eigenvalue weighted by Crippen LogP contribution is 2.23. The monoisotopic (exact) mass is 289 g/mol. The summed E-state index contributed by atoms with van der Waals surface area (Å²) in [6.45, 7) is 5.73. The van der Waals surface area contributed by atoms with Gasteiger partial charge in [0, 0.05) is 5.69 Å². The second-order valence-corrected chi connectivity index (χ2v) is 7.13. The molecule has 0 bridgehead atoms. The van der Waals surface area contributed by atoms with Crippen molar-refractivity contribution in [2.45, 2.75) is 31.4 Å². The minimum absolute atomic E-state index is 0.0215. The number of hydrogen-bond donors (Lipinski definition) is 1. The van der Waals surface area contributed by atoms with Crippen molar-refractivity contribution in [3.8, 4) is 0 Å². The van der Waals surface area contributed by atoms with Gasteiger partial charge in [-0.1, -0.05) is 18.2 Å². The molecule has 0 amide bonds. The SMILES string of the molecule is Cc1ccc(S(=O)(=O)Cc2cccc(N)c2C)cc1C. The van der Waals surface area contributed by atoms with Gasteiger partial charge in [-0.15, -0.1) is 0 Å². The molecule has 0 aliphatic carbocycles. The molecule has 2 rings (SSSR count). The van der Waals surface area contributed by atoms with Crippen LogP contribution < -0.4 is 5.73 Å². The zero-order valence-corrected chi connectivity index (χ0v) is 12.8. The lowest BCUT2D eigenvalue weighted by Crippen LogP contribution is -2.07. The molecule has 2 aromatic carbocycles. The number of rotatable bonds is 3. The van der Waals surface area contributed by atoms with Crippen molar-refractivity contribution in [1.29, 1.82) is 0 Å². The lowest BCUT2D eigenvalue weighted by atomic mass is 10.1. The van der Waals surface area contributed by atoms with E-state index in [-0.39, 0.29) is 5.75 Å². The first-order valence-electron chi connectivity index (χ1n) is 6.45. The molecule has 0 unspecified atom stereocenters. The zero-order chi connectivity index (χ0) is 14.9. The standard InChI is InChI=1S/C16H19NO2S/c1-11-7-8-15(9-12(11)2)20(18,19)10-14-5-4-6-16(17)13(14)3/h4-9H,10,17H2,1-3H3. The highest BCUT2D eigenvalue weighted by molar-refractivity contribution is 7.90. The Morgan fingerprint density at radius 2 is 1.70 bits per heavy atom. The molecule has 0 saturated heterocycles. The van der Waals surface area contributed by atoms with Gasteiger partial charge in [0.25, 0.3) is 0 Å². The van der Waals surface area contributed by atoms with E-state index < -0.39 is 9.84 Å². The van der Waals surface area contributed by atoms with E-state index in [9.17, 15) is 8.42 Å². The maximum atomic E-state index is 12.5. The Morgan fingerprint density at radius 1 is 1.00 bits per heavy atom. The molecule has 2 N–H and O–H groups in total. The average molecular weight is 289 g/mol. The van der Waals surface area contributed by atoms with E-state index in [0.717, 1.165) is 22.3 Å². The highest BCUT2D eigenvalue weighted by atomic mass is 32.2. The van der Waals surface area contributed by atoms with Crippen LogP contribution in [0.4, 0.5) is 5.69 Å². The lowest BCUT2D eigenvalue weighted by Gasteiger charge is -2.10. The number of nitrogen functional groups attached to an aromatic ring is 1. The Morgan fingerprint density at radius 3 is 2.35 bits per heavy atom. The molecule has 0 heterocycles. The predicted octanol–water partition coefficient (Wildman–Crippen LogP) is 3.17. The van der Waals surface area contributed by atoms with Gasteiger partial charge in [0.1, 0.15) is 0 Å². The summed E-state index contributed by atoms with van der Waals surface area (Å²) in [6, 6.07) is 10.6. The molecule has 0 fully saturated rings. The Balaban J connectivity index is 2.41. The molecule has 4 heteroatoms. The number of sulfone groups is 1. The Kier molecular flexibility index (Phi) is 3.86. The minimum Gasteiger partial charge on any atom is -0.399 e.